The van der Waals surface area contributed by atoms with E-state index < -0.39 is 9.84 Å². The first kappa shape index (κ1) is 16.8. The first-order valence-corrected chi connectivity index (χ1v) is 9.76. The van der Waals surface area contributed by atoms with E-state index in [0.717, 1.165) is 17.0 Å². The number of hydrogen-bond acceptors (Lipinski definition) is 5. The lowest BCUT2D eigenvalue weighted by atomic mass is 10.1. The highest BCUT2D eigenvalue weighted by molar-refractivity contribution is 7.91. The fourth-order valence-corrected chi connectivity index (χ4v) is 4.83. The van der Waals surface area contributed by atoms with Gasteiger partial charge in [0.05, 0.1) is 24.7 Å². The van der Waals surface area contributed by atoms with Gasteiger partial charge in [0.2, 0.25) is 0 Å². The Hall–Kier alpha value is -2.05. The zero-order valence-electron chi connectivity index (χ0n) is 13.6. The van der Waals surface area contributed by atoms with E-state index in [-0.39, 0.29) is 23.6 Å². The summed E-state index contributed by atoms with van der Waals surface area (Å²) in [7, 11) is -1.41. The van der Waals surface area contributed by atoms with E-state index >= 15 is 0 Å². The van der Waals surface area contributed by atoms with Crippen LogP contribution in [0.1, 0.15) is 5.56 Å². The molecule has 2 N–H and O–H groups in total. The summed E-state index contributed by atoms with van der Waals surface area (Å²) in [6.07, 6.45) is 0. The molecule has 2 aromatic rings. The van der Waals surface area contributed by atoms with Crippen LogP contribution in [0.5, 0.6) is 5.75 Å². The van der Waals surface area contributed by atoms with Gasteiger partial charge in [0.15, 0.2) is 9.84 Å². The van der Waals surface area contributed by atoms with E-state index in [9.17, 15) is 8.42 Å². The third-order valence-electron chi connectivity index (χ3n) is 4.21. The molecule has 3 rings (SSSR count). The van der Waals surface area contributed by atoms with Gasteiger partial charge in [-0.15, -0.1) is 0 Å². The van der Waals surface area contributed by atoms with Crippen LogP contribution in [-0.2, 0) is 16.4 Å². The summed E-state index contributed by atoms with van der Waals surface area (Å²) in [5.74, 6) is 1.08. The van der Waals surface area contributed by atoms with Crippen molar-refractivity contribution in [3.63, 3.8) is 0 Å². The van der Waals surface area contributed by atoms with Crippen LogP contribution in [0, 0.1) is 0 Å². The molecule has 0 saturated carbocycles. The molecule has 5 nitrogen and oxygen atoms in total. The van der Waals surface area contributed by atoms with E-state index in [1.807, 2.05) is 54.6 Å². The van der Waals surface area contributed by atoms with Gasteiger partial charge < -0.3 is 15.4 Å². The summed E-state index contributed by atoms with van der Waals surface area (Å²) in [6, 6.07) is 17.3. The van der Waals surface area contributed by atoms with Crippen molar-refractivity contribution in [2.24, 2.45) is 0 Å². The normalized spacial score (nSPS) is 22.2. The highest BCUT2D eigenvalue weighted by atomic mass is 32.2. The number of benzene rings is 2. The number of nitrogens with one attached hydrogen (secondary N) is 2. The first-order chi connectivity index (χ1) is 11.6. The van der Waals surface area contributed by atoms with Crippen molar-refractivity contribution >= 4 is 15.5 Å². The van der Waals surface area contributed by atoms with Gasteiger partial charge in [0.25, 0.3) is 0 Å². The Labute approximate surface area is 143 Å². The first-order valence-electron chi connectivity index (χ1n) is 7.94. The Balaban J connectivity index is 1.66. The van der Waals surface area contributed by atoms with Gasteiger partial charge in [-0.2, -0.15) is 0 Å². The molecule has 24 heavy (non-hydrogen) atoms. The molecule has 0 amide bonds. The van der Waals surface area contributed by atoms with Gasteiger partial charge in [0.1, 0.15) is 5.75 Å². The summed E-state index contributed by atoms with van der Waals surface area (Å²) < 4.78 is 29.3. The second-order valence-corrected chi connectivity index (χ2v) is 8.18. The molecule has 6 heteroatoms. The minimum absolute atomic E-state index is 0.114. The maximum atomic E-state index is 12.1. The molecular weight excluding hydrogens is 324 g/mol. The third kappa shape index (κ3) is 4.27. The Morgan fingerprint density at radius 3 is 2.33 bits per heavy atom. The average Bonchev–Trinajstić information content (AvgIpc) is 2.88. The van der Waals surface area contributed by atoms with Crippen LogP contribution in [0.25, 0.3) is 0 Å². The van der Waals surface area contributed by atoms with Crippen molar-refractivity contribution in [1.82, 2.24) is 5.32 Å². The number of ether oxygens (including phenoxy) is 1. The number of rotatable bonds is 6. The molecule has 1 aliphatic rings. The van der Waals surface area contributed by atoms with Gasteiger partial charge in [-0.25, -0.2) is 8.42 Å². The van der Waals surface area contributed by atoms with E-state index in [4.69, 9.17) is 4.74 Å². The molecule has 128 valence electrons. The van der Waals surface area contributed by atoms with E-state index in [1.165, 1.54) is 0 Å². The van der Waals surface area contributed by atoms with Gasteiger partial charge >= 0.3 is 0 Å². The minimum Gasteiger partial charge on any atom is -0.497 e. The fraction of sp³-hybridized carbons (Fsp3) is 0.333. The van der Waals surface area contributed by atoms with Crippen LogP contribution in [0.4, 0.5) is 5.69 Å². The fourth-order valence-electron chi connectivity index (χ4n) is 2.94. The predicted octanol–water partition coefficient (Wildman–Crippen LogP) is 2.06. The van der Waals surface area contributed by atoms with Crippen molar-refractivity contribution in [2.45, 2.75) is 18.6 Å². The summed E-state index contributed by atoms with van der Waals surface area (Å²) in [5, 5.41) is 6.72. The average molecular weight is 346 g/mol. The predicted molar refractivity (Wildman–Crippen MR) is 96.1 cm³/mol. The van der Waals surface area contributed by atoms with Crippen molar-refractivity contribution in [2.75, 3.05) is 23.9 Å². The van der Waals surface area contributed by atoms with Gasteiger partial charge in [-0.3, -0.25) is 0 Å². The maximum Gasteiger partial charge on any atom is 0.153 e. The molecule has 0 radical (unpaired) electrons. The largest absolute Gasteiger partial charge is 0.497 e. The Morgan fingerprint density at radius 1 is 1.00 bits per heavy atom. The zero-order chi connectivity index (χ0) is 17.0. The highest BCUT2D eigenvalue weighted by Crippen LogP contribution is 2.21. The van der Waals surface area contributed by atoms with Crippen LogP contribution in [0.15, 0.2) is 54.6 Å². The lowest BCUT2D eigenvalue weighted by Crippen LogP contribution is -2.42. The standard InChI is InChI=1S/C18H22N2O3S/c1-23-16-9-7-15(8-10-16)20-18-13-24(21,22)12-17(18)19-11-14-5-3-2-4-6-14/h2-10,17-20H,11-13H2,1H3/t17-,18-/m0/s1. The number of methoxy groups -OCH3 is 1. The minimum atomic E-state index is -3.03. The van der Waals surface area contributed by atoms with E-state index in [1.54, 1.807) is 7.11 Å². The van der Waals surface area contributed by atoms with Crippen molar-refractivity contribution in [3.8, 4) is 5.75 Å². The molecule has 0 bridgehead atoms. The monoisotopic (exact) mass is 346 g/mol. The molecular formula is C18H22N2O3S. The van der Waals surface area contributed by atoms with Crippen LogP contribution >= 0.6 is 0 Å². The Kier molecular flexibility index (Phi) is 5.06. The van der Waals surface area contributed by atoms with Crippen molar-refractivity contribution < 1.29 is 13.2 Å². The summed E-state index contributed by atoms with van der Waals surface area (Å²) in [5.41, 5.74) is 2.04. The van der Waals surface area contributed by atoms with Crippen LogP contribution < -0.4 is 15.4 Å². The molecule has 0 unspecified atom stereocenters. The quantitative estimate of drug-likeness (QED) is 0.838. The lowest BCUT2D eigenvalue weighted by molar-refractivity contribution is 0.415. The molecule has 1 aliphatic heterocycles. The van der Waals surface area contributed by atoms with Gasteiger partial charge in [0, 0.05) is 18.3 Å². The summed E-state index contributed by atoms with van der Waals surface area (Å²) >= 11 is 0. The molecule has 0 aromatic heterocycles. The van der Waals surface area contributed by atoms with E-state index in [0.29, 0.717) is 6.54 Å². The molecule has 1 heterocycles. The molecule has 0 spiro atoms. The molecule has 1 saturated heterocycles. The number of anilines is 1. The second kappa shape index (κ2) is 7.23. The maximum absolute atomic E-state index is 12.1. The van der Waals surface area contributed by atoms with Gasteiger partial charge in [-0.05, 0) is 29.8 Å². The third-order valence-corrected chi connectivity index (χ3v) is 5.94. The molecule has 1 fully saturated rings. The summed E-state index contributed by atoms with van der Waals surface area (Å²) in [4.78, 5) is 0. The van der Waals surface area contributed by atoms with Crippen LogP contribution in [0.3, 0.4) is 0 Å². The highest BCUT2D eigenvalue weighted by Gasteiger charge is 2.37. The topological polar surface area (TPSA) is 67.4 Å². The van der Waals surface area contributed by atoms with Crippen LogP contribution in [-0.4, -0.2) is 39.1 Å². The van der Waals surface area contributed by atoms with E-state index in [2.05, 4.69) is 10.6 Å². The SMILES string of the molecule is COc1ccc(N[C@H]2CS(=O)(=O)C[C@@H]2NCc2ccccc2)cc1. The van der Waals surface area contributed by atoms with Crippen LogP contribution in [0.2, 0.25) is 0 Å². The number of sulfone groups is 1. The lowest BCUT2D eigenvalue weighted by Gasteiger charge is -2.22. The number of hydrogen-bond donors (Lipinski definition) is 2. The zero-order valence-corrected chi connectivity index (χ0v) is 14.4. The summed E-state index contributed by atoms with van der Waals surface area (Å²) in [6.45, 7) is 0.655. The Morgan fingerprint density at radius 2 is 1.67 bits per heavy atom. The molecule has 2 aromatic carbocycles. The smallest absolute Gasteiger partial charge is 0.153 e. The molecule has 2 atom stereocenters. The van der Waals surface area contributed by atoms with Gasteiger partial charge in [-0.1, -0.05) is 30.3 Å². The van der Waals surface area contributed by atoms with Crippen molar-refractivity contribution in [3.05, 3.63) is 60.2 Å². The Bertz CT molecular complexity index is 761. The van der Waals surface area contributed by atoms with Crippen molar-refractivity contribution in [1.29, 1.82) is 0 Å². The molecule has 0 aliphatic carbocycles. The second-order valence-electron chi connectivity index (χ2n) is 6.03.